The first-order chi connectivity index (χ1) is 4.56. The number of hydrogen-bond donors (Lipinski definition) is 1. The summed E-state index contributed by atoms with van der Waals surface area (Å²) >= 11 is 0. The fraction of sp³-hybridized carbons (Fsp3) is 0.375. The quantitative estimate of drug-likeness (QED) is 0.450. The fourth-order valence-corrected chi connectivity index (χ4v) is 0. The number of carbonyl (C=O) groups is 1. The van der Waals surface area contributed by atoms with Gasteiger partial charge < -0.3 is 5.11 Å². The van der Waals surface area contributed by atoms with Crippen LogP contribution in [0.15, 0.2) is 24.3 Å². The summed E-state index contributed by atoms with van der Waals surface area (Å²) in [5.74, 6) is -0.935. The van der Waals surface area contributed by atoms with Gasteiger partial charge in [-0.3, -0.25) is 0 Å². The third kappa shape index (κ3) is 15.8. The molecule has 0 aromatic heterocycles. The van der Waals surface area contributed by atoms with E-state index >= 15 is 0 Å². The van der Waals surface area contributed by atoms with Crippen molar-refractivity contribution in [1.82, 2.24) is 0 Å². The molecule has 0 spiro atoms. The average molecular weight is 142 g/mol. The molecule has 0 aliphatic heterocycles. The largest absolute Gasteiger partial charge is 0.478 e. The molecule has 0 heterocycles. The van der Waals surface area contributed by atoms with Crippen LogP contribution in [0.25, 0.3) is 0 Å². The lowest BCUT2D eigenvalue weighted by Gasteiger charge is -1.79. The van der Waals surface area contributed by atoms with Crippen molar-refractivity contribution in [3.8, 4) is 0 Å². The second-order valence-electron chi connectivity index (χ2n) is 1.75. The minimum absolute atomic E-state index is 0.176. The molecule has 0 atom stereocenters. The molecular weight excluding hydrogens is 128 g/mol. The molecule has 0 aliphatic carbocycles. The molecule has 0 aromatic rings. The molecule has 0 amide bonds. The molecule has 1 N–H and O–H groups in total. The Morgan fingerprint density at radius 3 is 1.60 bits per heavy atom. The van der Waals surface area contributed by atoms with Crippen molar-refractivity contribution in [3.63, 3.8) is 0 Å². The number of rotatable bonds is 1. The Labute approximate surface area is 61.9 Å². The standard InChI is InChI=1S/C4H6O2.C4H8/c1-3(2)4(5)6;1-3-4-2/h1H2,2H3,(H,5,6);3-4H,1-2H3/b;4-3+. The van der Waals surface area contributed by atoms with E-state index in [9.17, 15) is 4.79 Å². The lowest BCUT2D eigenvalue weighted by molar-refractivity contribution is -0.132. The third-order valence-corrected chi connectivity index (χ3v) is 0.698. The third-order valence-electron chi connectivity index (χ3n) is 0.698. The Morgan fingerprint density at radius 1 is 1.40 bits per heavy atom. The molecule has 2 nitrogen and oxygen atoms in total. The molecule has 0 rings (SSSR count). The van der Waals surface area contributed by atoms with Gasteiger partial charge in [0.1, 0.15) is 0 Å². The Balaban J connectivity index is 0. The minimum atomic E-state index is -0.935. The highest BCUT2D eigenvalue weighted by molar-refractivity contribution is 5.84. The van der Waals surface area contributed by atoms with E-state index < -0.39 is 5.97 Å². The van der Waals surface area contributed by atoms with Crippen LogP contribution < -0.4 is 0 Å². The van der Waals surface area contributed by atoms with E-state index in [-0.39, 0.29) is 5.57 Å². The maximum absolute atomic E-state index is 9.60. The van der Waals surface area contributed by atoms with Crippen molar-refractivity contribution in [3.05, 3.63) is 24.3 Å². The highest BCUT2D eigenvalue weighted by atomic mass is 16.4. The molecule has 2 heteroatoms. The van der Waals surface area contributed by atoms with Crippen LogP contribution in [0.1, 0.15) is 20.8 Å². The first-order valence-corrected chi connectivity index (χ1v) is 3.02. The van der Waals surface area contributed by atoms with Crippen LogP contribution in [-0.2, 0) is 4.79 Å². The normalized spacial score (nSPS) is 8.30. The van der Waals surface area contributed by atoms with Gasteiger partial charge in [-0.15, -0.1) is 0 Å². The lowest BCUT2D eigenvalue weighted by Crippen LogP contribution is -1.92. The molecule has 0 aliphatic rings. The lowest BCUT2D eigenvalue weighted by atomic mass is 10.4. The maximum Gasteiger partial charge on any atom is 0.330 e. The zero-order valence-corrected chi connectivity index (χ0v) is 6.72. The van der Waals surface area contributed by atoms with Gasteiger partial charge in [0, 0.05) is 5.57 Å². The Bertz CT molecular complexity index is 118. The highest BCUT2D eigenvalue weighted by Crippen LogP contribution is 1.81. The van der Waals surface area contributed by atoms with Gasteiger partial charge in [0.2, 0.25) is 0 Å². The maximum atomic E-state index is 9.60. The highest BCUT2D eigenvalue weighted by Gasteiger charge is 1.90. The molecule has 0 fully saturated rings. The number of carboxylic acids is 1. The molecule has 0 saturated heterocycles. The predicted octanol–water partition coefficient (Wildman–Crippen LogP) is 2.23. The average Bonchev–Trinajstić information content (AvgIpc) is 1.89. The number of carboxylic acid groups (broad SMARTS) is 1. The first-order valence-electron chi connectivity index (χ1n) is 3.02. The van der Waals surface area contributed by atoms with Gasteiger partial charge in [0.25, 0.3) is 0 Å². The van der Waals surface area contributed by atoms with E-state index in [0.29, 0.717) is 0 Å². The first kappa shape index (κ1) is 11.7. The summed E-state index contributed by atoms with van der Waals surface area (Å²) in [5, 5.41) is 7.89. The summed E-state index contributed by atoms with van der Waals surface area (Å²) in [6, 6.07) is 0. The van der Waals surface area contributed by atoms with Gasteiger partial charge in [-0.05, 0) is 20.8 Å². The SMILES string of the molecule is C/C=C/C.C=C(C)C(=O)O. The van der Waals surface area contributed by atoms with Crippen molar-refractivity contribution >= 4 is 5.97 Å². The van der Waals surface area contributed by atoms with Crippen molar-refractivity contribution < 1.29 is 9.90 Å². The summed E-state index contributed by atoms with van der Waals surface area (Å²) in [5.41, 5.74) is 0.176. The molecule has 0 unspecified atom stereocenters. The van der Waals surface area contributed by atoms with Crippen molar-refractivity contribution in [2.24, 2.45) is 0 Å². The summed E-state index contributed by atoms with van der Waals surface area (Å²) in [6.45, 7) is 8.60. The van der Waals surface area contributed by atoms with Crippen molar-refractivity contribution in [2.75, 3.05) is 0 Å². The van der Waals surface area contributed by atoms with Crippen LogP contribution in [0, 0.1) is 0 Å². The van der Waals surface area contributed by atoms with Crippen molar-refractivity contribution in [1.29, 1.82) is 0 Å². The van der Waals surface area contributed by atoms with E-state index in [1.54, 1.807) is 0 Å². The topological polar surface area (TPSA) is 37.3 Å². The van der Waals surface area contributed by atoms with Gasteiger partial charge in [-0.2, -0.15) is 0 Å². The van der Waals surface area contributed by atoms with E-state index in [2.05, 4.69) is 6.58 Å². The summed E-state index contributed by atoms with van der Waals surface area (Å²) < 4.78 is 0. The monoisotopic (exact) mass is 142 g/mol. The molecule has 0 aromatic carbocycles. The summed E-state index contributed by atoms with van der Waals surface area (Å²) in [6.07, 6.45) is 4.00. The fourth-order valence-electron chi connectivity index (χ4n) is 0. The molecule has 58 valence electrons. The Morgan fingerprint density at radius 2 is 1.60 bits per heavy atom. The van der Waals surface area contributed by atoms with E-state index in [4.69, 9.17) is 5.11 Å². The van der Waals surface area contributed by atoms with E-state index in [1.807, 2.05) is 26.0 Å². The van der Waals surface area contributed by atoms with Gasteiger partial charge >= 0.3 is 5.97 Å². The van der Waals surface area contributed by atoms with E-state index in [1.165, 1.54) is 6.92 Å². The van der Waals surface area contributed by atoms with Crippen LogP contribution in [0.3, 0.4) is 0 Å². The molecule has 0 saturated carbocycles. The van der Waals surface area contributed by atoms with Gasteiger partial charge in [-0.1, -0.05) is 18.7 Å². The second-order valence-corrected chi connectivity index (χ2v) is 1.75. The van der Waals surface area contributed by atoms with Crippen LogP contribution in [0.2, 0.25) is 0 Å². The second kappa shape index (κ2) is 7.95. The molecule has 0 radical (unpaired) electrons. The Hall–Kier alpha value is -1.05. The molecular formula is C8H14O2. The number of hydrogen-bond acceptors (Lipinski definition) is 1. The zero-order valence-electron chi connectivity index (χ0n) is 6.72. The number of allylic oxidation sites excluding steroid dienone is 2. The van der Waals surface area contributed by atoms with Crippen LogP contribution in [-0.4, -0.2) is 11.1 Å². The van der Waals surface area contributed by atoms with Gasteiger partial charge in [-0.25, -0.2) is 4.79 Å². The molecule has 0 bridgehead atoms. The number of aliphatic carboxylic acids is 1. The van der Waals surface area contributed by atoms with Crippen LogP contribution in [0.4, 0.5) is 0 Å². The van der Waals surface area contributed by atoms with Crippen molar-refractivity contribution in [2.45, 2.75) is 20.8 Å². The van der Waals surface area contributed by atoms with Gasteiger partial charge in [0.05, 0.1) is 0 Å². The minimum Gasteiger partial charge on any atom is -0.478 e. The van der Waals surface area contributed by atoms with Crippen LogP contribution in [0.5, 0.6) is 0 Å². The zero-order chi connectivity index (χ0) is 8.57. The predicted molar refractivity (Wildman–Crippen MR) is 42.9 cm³/mol. The smallest absolute Gasteiger partial charge is 0.330 e. The Kier molecular flexibility index (Phi) is 9.31. The summed E-state index contributed by atoms with van der Waals surface area (Å²) in [4.78, 5) is 9.60. The van der Waals surface area contributed by atoms with Crippen LogP contribution >= 0.6 is 0 Å². The van der Waals surface area contributed by atoms with Gasteiger partial charge in [0.15, 0.2) is 0 Å². The van der Waals surface area contributed by atoms with E-state index in [0.717, 1.165) is 0 Å². The summed E-state index contributed by atoms with van der Waals surface area (Å²) in [7, 11) is 0. The molecule has 10 heavy (non-hydrogen) atoms.